The Morgan fingerprint density at radius 3 is 2.15 bits per heavy atom. The minimum atomic E-state index is -3.43. The molecule has 242 valence electrons. The summed E-state index contributed by atoms with van der Waals surface area (Å²) in [5.74, 6) is 0.546. The summed E-state index contributed by atoms with van der Waals surface area (Å²) in [5, 5.41) is 8.82. The third-order valence-electron chi connectivity index (χ3n) is 7.10. The number of anilines is 2. The van der Waals surface area contributed by atoms with E-state index in [1.165, 1.54) is 11.9 Å². The summed E-state index contributed by atoms with van der Waals surface area (Å²) in [5.41, 5.74) is 4.48. The third kappa shape index (κ3) is 10.6. The number of carbonyl (C=O) groups excluding carboxylic acids is 1. The quantitative estimate of drug-likeness (QED) is 0.141. The minimum absolute atomic E-state index is 0.192. The van der Waals surface area contributed by atoms with Crippen LogP contribution in [0.4, 0.5) is 11.4 Å². The van der Waals surface area contributed by atoms with E-state index in [1.54, 1.807) is 18.2 Å². The van der Waals surface area contributed by atoms with Gasteiger partial charge in [-0.25, -0.2) is 8.42 Å². The van der Waals surface area contributed by atoms with Crippen LogP contribution in [0.3, 0.4) is 0 Å². The highest BCUT2D eigenvalue weighted by Crippen LogP contribution is 2.31. The summed E-state index contributed by atoms with van der Waals surface area (Å²) in [7, 11) is -1.96. The van der Waals surface area contributed by atoms with Gasteiger partial charge in [0.05, 0.1) is 18.6 Å². The first-order valence-corrected chi connectivity index (χ1v) is 16.7. The number of likely N-dealkylation sites (N-methyl/N-ethyl adjacent to an activating group) is 1. The van der Waals surface area contributed by atoms with Crippen molar-refractivity contribution >= 4 is 33.3 Å². The molecule has 0 aliphatic rings. The lowest BCUT2D eigenvalue weighted by Gasteiger charge is -2.28. The second-order valence-electron chi connectivity index (χ2n) is 11.0. The summed E-state index contributed by atoms with van der Waals surface area (Å²) >= 11 is 0. The lowest BCUT2D eigenvalue weighted by Crippen LogP contribution is -2.31. The number of ether oxygens (including phenoxy) is 2. The van der Waals surface area contributed by atoms with E-state index >= 15 is 0 Å². The highest BCUT2D eigenvalue weighted by molar-refractivity contribution is 7.92. The number of rotatable bonds is 16. The van der Waals surface area contributed by atoms with Crippen LogP contribution < -0.4 is 19.1 Å². The Morgan fingerprint density at radius 2 is 1.48 bits per heavy atom. The standard InChI is InChI=1S/C35H39N3O7S/c1-26-32(36-46(3,42)43)14-8-15-33(26)38(23-27-10-5-4-6-11-27)24-28-17-19-29(20-18-28)45-31-13-7-12-30(22-31)44-21-9-16-34(39)37(2)25-35(40)41/h4-8,10-15,17-20,22,36H,9,16,21,23-25H2,1-3H3,(H,40,41). The minimum Gasteiger partial charge on any atom is -0.493 e. The van der Waals surface area contributed by atoms with Crippen molar-refractivity contribution in [3.05, 3.63) is 114 Å². The summed E-state index contributed by atoms with van der Waals surface area (Å²) in [6, 6.07) is 30.7. The van der Waals surface area contributed by atoms with Crippen LogP contribution in [-0.2, 0) is 32.7 Å². The summed E-state index contributed by atoms with van der Waals surface area (Å²) in [6.45, 7) is 3.09. The van der Waals surface area contributed by atoms with Crippen LogP contribution in [0.1, 0.15) is 29.5 Å². The van der Waals surface area contributed by atoms with E-state index in [4.69, 9.17) is 14.6 Å². The number of amides is 1. The van der Waals surface area contributed by atoms with E-state index in [0.717, 1.165) is 28.6 Å². The zero-order chi connectivity index (χ0) is 33.1. The molecule has 0 atom stereocenters. The maximum absolute atomic E-state index is 12.0. The number of sulfonamides is 1. The fourth-order valence-corrected chi connectivity index (χ4v) is 5.47. The molecule has 0 saturated carbocycles. The highest BCUT2D eigenvalue weighted by Gasteiger charge is 2.16. The number of carboxylic acid groups (broad SMARTS) is 1. The molecule has 46 heavy (non-hydrogen) atoms. The molecular weight excluding hydrogens is 606 g/mol. The molecule has 0 saturated heterocycles. The maximum Gasteiger partial charge on any atom is 0.323 e. The van der Waals surface area contributed by atoms with Gasteiger partial charge in [0.2, 0.25) is 15.9 Å². The lowest BCUT2D eigenvalue weighted by atomic mass is 10.1. The fraction of sp³-hybridized carbons (Fsp3) is 0.257. The first-order chi connectivity index (χ1) is 22.0. The van der Waals surface area contributed by atoms with Crippen molar-refractivity contribution < 1.29 is 32.6 Å². The molecule has 4 aromatic rings. The molecule has 4 aromatic carbocycles. The predicted molar refractivity (Wildman–Crippen MR) is 179 cm³/mol. The molecule has 0 fully saturated rings. The zero-order valence-corrected chi connectivity index (χ0v) is 27.0. The number of aliphatic carboxylic acids is 1. The van der Waals surface area contributed by atoms with Gasteiger partial charge in [0.1, 0.15) is 23.8 Å². The largest absolute Gasteiger partial charge is 0.493 e. The first-order valence-electron chi connectivity index (χ1n) is 14.8. The first kappa shape index (κ1) is 33.9. The maximum atomic E-state index is 12.0. The average Bonchev–Trinajstić information content (AvgIpc) is 3.01. The van der Waals surface area contributed by atoms with Crippen molar-refractivity contribution in [1.82, 2.24) is 4.90 Å². The van der Waals surface area contributed by atoms with Gasteiger partial charge < -0.3 is 24.4 Å². The molecule has 0 spiro atoms. The average molecular weight is 646 g/mol. The van der Waals surface area contributed by atoms with Crippen molar-refractivity contribution in [3.63, 3.8) is 0 Å². The van der Waals surface area contributed by atoms with Crippen molar-refractivity contribution in [2.45, 2.75) is 32.9 Å². The monoisotopic (exact) mass is 645 g/mol. The van der Waals surface area contributed by atoms with Gasteiger partial charge in [-0.05, 0) is 66.4 Å². The van der Waals surface area contributed by atoms with Gasteiger partial charge in [-0.15, -0.1) is 0 Å². The van der Waals surface area contributed by atoms with Crippen molar-refractivity contribution in [2.24, 2.45) is 0 Å². The molecule has 0 aliphatic carbocycles. The van der Waals surface area contributed by atoms with Gasteiger partial charge in [-0.2, -0.15) is 0 Å². The Balaban J connectivity index is 1.40. The molecule has 0 heterocycles. The van der Waals surface area contributed by atoms with Gasteiger partial charge in [0, 0.05) is 38.3 Å². The Morgan fingerprint density at radius 1 is 0.826 bits per heavy atom. The van der Waals surface area contributed by atoms with Gasteiger partial charge in [-0.3, -0.25) is 14.3 Å². The zero-order valence-electron chi connectivity index (χ0n) is 26.2. The fourth-order valence-electron chi connectivity index (χ4n) is 4.85. The topological polar surface area (TPSA) is 125 Å². The molecule has 0 aromatic heterocycles. The van der Waals surface area contributed by atoms with Gasteiger partial charge in [-0.1, -0.05) is 54.6 Å². The Labute approximate surface area is 270 Å². The Bertz CT molecular complexity index is 1730. The van der Waals surface area contributed by atoms with Crippen LogP contribution in [0.25, 0.3) is 0 Å². The lowest BCUT2D eigenvalue weighted by molar-refractivity contribution is -0.143. The second kappa shape index (κ2) is 15.8. The molecule has 0 aliphatic heterocycles. The van der Waals surface area contributed by atoms with Crippen molar-refractivity contribution in [2.75, 3.05) is 36.1 Å². The summed E-state index contributed by atoms with van der Waals surface area (Å²) in [4.78, 5) is 26.2. The molecule has 4 rings (SSSR count). The highest BCUT2D eigenvalue weighted by atomic mass is 32.2. The van der Waals surface area contributed by atoms with E-state index in [1.807, 2.05) is 73.7 Å². The molecule has 0 bridgehead atoms. The number of nitrogens with one attached hydrogen (secondary N) is 1. The number of carboxylic acids is 1. The number of benzene rings is 4. The van der Waals surface area contributed by atoms with Crippen LogP contribution in [0, 0.1) is 6.92 Å². The summed E-state index contributed by atoms with van der Waals surface area (Å²) in [6.07, 6.45) is 1.79. The number of hydrogen-bond donors (Lipinski definition) is 2. The molecule has 0 unspecified atom stereocenters. The Hall–Kier alpha value is -5.03. The van der Waals surface area contributed by atoms with Crippen LogP contribution in [-0.4, -0.2) is 56.8 Å². The summed E-state index contributed by atoms with van der Waals surface area (Å²) < 4.78 is 38.4. The molecule has 0 radical (unpaired) electrons. The predicted octanol–water partition coefficient (Wildman–Crippen LogP) is 6.07. The number of nitrogens with zero attached hydrogens (tertiary/aromatic N) is 2. The Kier molecular flexibility index (Phi) is 11.6. The molecule has 1 amide bonds. The van der Waals surface area contributed by atoms with Crippen LogP contribution in [0.2, 0.25) is 0 Å². The molecule has 10 nitrogen and oxygen atoms in total. The second-order valence-corrected chi connectivity index (χ2v) is 12.7. The molecule has 2 N–H and O–H groups in total. The number of carbonyl (C=O) groups is 2. The van der Waals surface area contributed by atoms with E-state index in [9.17, 15) is 18.0 Å². The third-order valence-corrected chi connectivity index (χ3v) is 7.69. The van der Waals surface area contributed by atoms with E-state index < -0.39 is 16.0 Å². The normalized spacial score (nSPS) is 11.0. The molecule has 11 heteroatoms. The molecular formula is C35H39N3O7S. The smallest absolute Gasteiger partial charge is 0.323 e. The van der Waals surface area contributed by atoms with Crippen LogP contribution in [0.15, 0.2) is 97.1 Å². The SMILES string of the molecule is Cc1c(NS(C)(=O)=O)cccc1N(Cc1ccccc1)Cc1ccc(Oc2cccc(OCCCC(=O)N(C)CC(=O)O)c2)cc1. The van der Waals surface area contributed by atoms with Crippen LogP contribution in [0.5, 0.6) is 17.2 Å². The van der Waals surface area contributed by atoms with E-state index in [2.05, 4.69) is 21.8 Å². The van der Waals surface area contributed by atoms with Crippen molar-refractivity contribution in [3.8, 4) is 17.2 Å². The van der Waals surface area contributed by atoms with Gasteiger partial charge in [0.25, 0.3) is 0 Å². The van der Waals surface area contributed by atoms with Crippen molar-refractivity contribution in [1.29, 1.82) is 0 Å². The van der Waals surface area contributed by atoms with E-state index in [0.29, 0.717) is 49.1 Å². The van der Waals surface area contributed by atoms with Crippen LogP contribution >= 0.6 is 0 Å². The van der Waals surface area contributed by atoms with E-state index in [-0.39, 0.29) is 18.9 Å². The van der Waals surface area contributed by atoms with Gasteiger partial charge >= 0.3 is 5.97 Å². The number of hydrogen-bond acceptors (Lipinski definition) is 7. The van der Waals surface area contributed by atoms with Gasteiger partial charge in [0.15, 0.2) is 0 Å².